The van der Waals surface area contributed by atoms with Crippen molar-refractivity contribution in [2.24, 2.45) is 4.99 Å². The van der Waals surface area contributed by atoms with Gasteiger partial charge in [-0.05, 0) is 37.5 Å². The second kappa shape index (κ2) is 5.10. The fourth-order valence-electron chi connectivity index (χ4n) is 1.81. The van der Waals surface area contributed by atoms with E-state index in [1.54, 1.807) is 13.0 Å². The van der Waals surface area contributed by atoms with Crippen LogP contribution in [-0.4, -0.2) is 12.4 Å². The van der Waals surface area contributed by atoms with E-state index in [9.17, 15) is 4.39 Å². The fourth-order valence-corrected chi connectivity index (χ4v) is 1.81. The molecule has 0 amide bonds. The topological polar surface area (TPSA) is 24.4 Å². The number of aryl methyl sites for hydroxylation is 1. The Kier molecular flexibility index (Phi) is 3.54. The van der Waals surface area contributed by atoms with Gasteiger partial charge in [0, 0.05) is 18.7 Å². The number of hydrogen-bond donors (Lipinski definition) is 1. The summed E-state index contributed by atoms with van der Waals surface area (Å²) in [5.74, 6) is 0.819. The zero-order valence-electron chi connectivity index (χ0n) is 9.59. The highest BCUT2D eigenvalue weighted by Gasteiger charge is 2.05. The van der Waals surface area contributed by atoms with Crippen molar-refractivity contribution in [1.82, 2.24) is 0 Å². The average molecular weight is 220 g/mol. The lowest BCUT2D eigenvalue weighted by atomic mass is 10.2. The Morgan fingerprint density at radius 1 is 1.25 bits per heavy atom. The summed E-state index contributed by atoms with van der Waals surface area (Å²) in [4.78, 5) is 4.45. The minimum Gasteiger partial charge on any atom is -0.344 e. The first-order valence-electron chi connectivity index (χ1n) is 5.82. The van der Waals surface area contributed by atoms with Crippen LogP contribution >= 0.6 is 0 Å². The molecule has 0 aliphatic carbocycles. The summed E-state index contributed by atoms with van der Waals surface area (Å²) in [7, 11) is 0. The maximum absolute atomic E-state index is 13.3. The molecular formula is C13H17FN2. The minimum atomic E-state index is -0.167. The maximum atomic E-state index is 13.3. The number of hydrogen-bond acceptors (Lipinski definition) is 2. The molecule has 16 heavy (non-hydrogen) atoms. The zero-order chi connectivity index (χ0) is 11.4. The normalized spacial score (nSPS) is 16.5. The third-order valence-corrected chi connectivity index (χ3v) is 2.83. The average Bonchev–Trinajstić information content (AvgIpc) is 2.52. The number of aliphatic imine (C=N–C) groups is 1. The van der Waals surface area contributed by atoms with Crippen LogP contribution in [-0.2, 0) is 0 Å². The number of nitrogens with zero attached hydrogens (tertiary/aromatic N) is 1. The van der Waals surface area contributed by atoms with E-state index in [0.29, 0.717) is 5.56 Å². The summed E-state index contributed by atoms with van der Waals surface area (Å²) in [6.07, 6.45) is 4.53. The zero-order valence-corrected chi connectivity index (χ0v) is 9.59. The molecular weight excluding hydrogens is 203 g/mol. The highest BCUT2D eigenvalue weighted by Crippen LogP contribution is 2.15. The van der Waals surface area contributed by atoms with Crippen molar-refractivity contribution in [2.45, 2.75) is 32.6 Å². The molecule has 0 aromatic heterocycles. The molecule has 1 heterocycles. The lowest BCUT2D eigenvalue weighted by molar-refractivity contribution is 0.619. The molecule has 1 aliphatic heterocycles. The highest BCUT2D eigenvalue weighted by atomic mass is 19.1. The Bertz CT molecular complexity index is 399. The molecule has 3 heteroatoms. The molecule has 1 aromatic rings. The van der Waals surface area contributed by atoms with Gasteiger partial charge in [-0.2, -0.15) is 0 Å². The standard InChI is InChI=1S/C13H17FN2/c1-10-6-7-11(9-12(10)14)16-13-5-3-2-4-8-15-13/h6-7,9H,2-5,8H2,1H3,(H,15,16). The summed E-state index contributed by atoms with van der Waals surface area (Å²) >= 11 is 0. The molecule has 0 radical (unpaired) electrons. The molecule has 0 bridgehead atoms. The van der Waals surface area contributed by atoms with Crippen molar-refractivity contribution in [1.29, 1.82) is 0 Å². The molecule has 0 unspecified atom stereocenters. The molecule has 2 rings (SSSR count). The van der Waals surface area contributed by atoms with E-state index in [1.165, 1.54) is 18.9 Å². The van der Waals surface area contributed by atoms with E-state index in [2.05, 4.69) is 10.3 Å². The van der Waals surface area contributed by atoms with Gasteiger partial charge in [0.25, 0.3) is 0 Å². The maximum Gasteiger partial charge on any atom is 0.128 e. The monoisotopic (exact) mass is 220 g/mol. The van der Waals surface area contributed by atoms with Crippen LogP contribution in [0.5, 0.6) is 0 Å². The molecule has 1 N–H and O–H groups in total. The summed E-state index contributed by atoms with van der Waals surface area (Å²) in [6, 6.07) is 5.21. The van der Waals surface area contributed by atoms with Crippen molar-refractivity contribution >= 4 is 11.5 Å². The van der Waals surface area contributed by atoms with E-state index < -0.39 is 0 Å². The van der Waals surface area contributed by atoms with E-state index >= 15 is 0 Å². The van der Waals surface area contributed by atoms with Crippen molar-refractivity contribution in [2.75, 3.05) is 11.9 Å². The van der Waals surface area contributed by atoms with Gasteiger partial charge in [0.1, 0.15) is 11.7 Å². The predicted octanol–water partition coefficient (Wildman–Crippen LogP) is 3.52. The van der Waals surface area contributed by atoms with Crippen LogP contribution in [0.4, 0.5) is 10.1 Å². The summed E-state index contributed by atoms with van der Waals surface area (Å²) in [6.45, 7) is 2.65. The Morgan fingerprint density at radius 2 is 2.12 bits per heavy atom. The van der Waals surface area contributed by atoms with Gasteiger partial charge in [-0.15, -0.1) is 0 Å². The first-order valence-corrected chi connectivity index (χ1v) is 5.82. The molecule has 0 saturated heterocycles. The number of halogens is 1. The molecule has 0 fully saturated rings. The smallest absolute Gasteiger partial charge is 0.128 e. The van der Waals surface area contributed by atoms with E-state index in [1.807, 2.05) is 6.07 Å². The number of rotatable bonds is 1. The fraction of sp³-hybridized carbons (Fsp3) is 0.462. The second-order valence-corrected chi connectivity index (χ2v) is 4.23. The molecule has 86 valence electrons. The molecule has 1 aliphatic rings. The second-order valence-electron chi connectivity index (χ2n) is 4.23. The van der Waals surface area contributed by atoms with Gasteiger partial charge in [-0.3, -0.25) is 4.99 Å². The molecule has 1 aromatic carbocycles. The van der Waals surface area contributed by atoms with Crippen molar-refractivity contribution < 1.29 is 4.39 Å². The van der Waals surface area contributed by atoms with Crippen LogP contribution in [0.3, 0.4) is 0 Å². The Morgan fingerprint density at radius 3 is 2.94 bits per heavy atom. The van der Waals surface area contributed by atoms with E-state index in [0.717, 1.165) is 30.9 Å². The molecule has 0 saturated carbocycles. The van der Waals surface area contributed by atoms with Gasteiger partial charge in [0.15, 0.2) is 0 Å². The van der Waals surface area contributed by atoms with Gasteiger partial charge in [-0.25, -0.2) is 4.39 Å². The first-order chi connectivity index (χ1) is 7.75. The third-order valence-electron chi connectivity index (χ3n) is 2.83. The number of nitrogens with one attached hydrogen (secondary N) is 1. The Labute approximate surface area is 95.6 Å². The van der Waals surface area contributed by atoms with Crippen LogP contribution in [0.25, 0.3) is 0 Å². The summed E-state index contributed by atoms with van der Waals surface area (Å²) in [5, 5.41) is 3.20. The minimum absolute atomic E-state index is 0.167. The van der Waals surface area contributed by atoms with Crippen molar-refractivity contribution in [3.8, 4) is 0 Å². The van der Waals surface area contributed by atoms with Crippen LogP contribution in [0.2, 0.25) is 0 Å². The Hall–Kier alpha value is -1.38. The van der Waals surface area contributed by atoms with Gasteiger partial charge < -0.3 is 5.32 Å². The van der Waals surface area contributed by atoms with Crippen LogP contribution in [0.15, 0.2) is 23.2 Å². The lowest BCUT2D eigenvalue weighted by Gasteiger charge is -2.09. The lowest BCUT2D eigenvalue weighted by Crippen LogP contribution is -2.11. The predicted molar refractivity (Wildman–Crippen MR) is 65.5 cm³/mol. The quantitative estimate of drug-likeness (QED) is 0.769. The van der Waals surface area contributed by atoms with E-state index in [4.69, 9.17) is 0 Å². The highest BCUT2D eigenvalue weighted by molar-refractivity contribution is 5.95. The number of amidine groups is 1. The first kappa shape index (κ1) is 11.1. The summed E-state index contributed by atoms with van der Waals surface area (Å²) < 4.78 is 13.3. The largest absolute Gasteiger partial charge is 0.344 e. The van der Waals surface area contributed by atoms with Crippen LogP contribution in [0.1, 0.15) is 31.2 Å². The van der Waals surface area contributed by atoms with E-state index in [-0.39, 0.29) is 5.82 Å². The van der Waals surface area contributed by atoms with Crippen LogP contribution < -0.4 is 5.32 Å². The molecule has 0 spiro atoms. The van der Waals surface area contributed by atoms with Crippen molar-refractivity contribution in [3.63, 3.8) is 0 Å². The summed E-state index contributed by atoms with van der Waals surface area (Å²) in [5.41, 5.74) is 1.47. The van der Waals surface area contributed by atoms with Crippen molar-refractivity contribution in [3.05, 3.63) is 29.6 Å². The molecule has 0 atom stereocenters. The number of anilines is 1. The molecule has 2 nitrogen and oxygen atoms in total. The van der Waals surface area contributed by atoms with Gasteiger partial charge in [0.2, 0.25) is 0 Å². The van der Waals surface area contributed by atoms with Crippen LogP contribution in [0, 0.1) is 12.7 Å². The van der Waals surface area contributed by atoms with Gasteiger partial charge in [-0.1, -0.05) is 12.5 Å². The Balaban J connectivity index is 2.07. The SMILES string of the molecule is Cc1ccc(NC2=NCCCCC2)cc1F. The third kappa shape index (κ3) is 2.81. The van der Waals surface area contributed by atoms with Gasteiger partial charge >= 0.3 is 0 Å². The van der Waals surface area contributed by atoms with Gasteiger partial charge in [0.05, 0.1) is 0 Å². The number of benzene rings is 1.